The van der Waals surface area contributed by atoms with Crippen molar-refractivity contribution in [2.75, 3.05) is 0 Å². The van der Waals surface area contributed by atoms with Crippen molar-refractivity contribution in [3.63, 3.8) is 0 Å². The largest absolute Gasteiger partial charge is 3.00 e. The topological polar surface area (TPSA) is 89.5 Å². The molecule has 0 aromatic heterocycles. The molecule has 0 heterocycles. The second-order valence-corrected chi connectivity index (χ2v) is 3.96. The van der Waals surface area contributed by atoms with Crippen LogP contribution in [0.1, 0.15) is 0 Å². The predicted molar refractivity (Wildman–Crippen MR) is 19.7 cm³/mol. The normalized spacial score (nSPS) is 14.4. The molecule has 0 saturated heterocycles. The van der Waals surface area contributed by atoms with Crippen molar-refractivity contribution in [1.82, 2.24) is 0 Å². The van der Waals surface area contributed by atoms with Crippen molar-refractivity contribution in [2.45, 2.75) is 0 Å². The van der Waals surface area contributed by atoms with Crippen LogP contribution in [-0.2, 0) is 27.6 Å². The van der Waals surface area contributed by atoms with Gasteiger partial charge in [-0.25, -0.2) is 0 Å². The molecule has 0 N–H and O–H groups in total. The monoisotopic (exact) mass is 418 g/mol. The second-order valence-electron chi connectivity index (χ2n) is 0.476. The zero-order valence-corrected chi connectivity index (χ0v) is 11.4. The van der Waals surface area contributed by atoms with Gasteiger partial charge in [0.2, 0.25) is 0 Å². The Morgan fingerprint density at radius 1 is 1.11 bits per heavy atom. The summed E-state index contributed by atoms with van der Waals surface area (Å²) >= 11 is -7.38. The van der Waals surface area contributed by atoms with Crippen LogP contribution in [0.4, 0.5) is 0 Å². The molecule has 9 heteroatoms. The molecule has 0 fully saturated rings. The molecule has 0 aliphatic heterocycles. The van der Waals surface area contributed by atoms with Crippen LogP contribution in [0.15, 0.2) is 0 Å². The molecule has 0 saturated carbocycles. The fourth-order valence-corrected chi connectivity index (χ4v) is 1.22. The Kier molecular flexibility index (Phi) is 18.9. The first-order valence-corrected chi connectivity index (χ1v) is 5.20. The maximum atomic E-state index is 9.32. The summed E-state index contributed by atoms with van der Waals surface area (Å²) in [7, 11) is 0. The quantitative estimate of drug-likeness (QED) is 0.431. The third-order valence-corrected chi connectivity index (χ3v) is 3.00. The van der Waals surface area contributed by atoms with Crippen molar-refractivity contribution in [2.24, 2.45) is 0 Å². The Morgan fingerprint density at radius 3 is 1.33 bits per heavy atom. The minimum Gasteiger partial charge on any atom is 2.00 e. The number of rotatable bonds is 2. The van der Waals surface area contributed by atoms with E-state index in [4.69, 9.17) is 0 Å². The zero-order valence-electron chi connectivity index (χ0n) is 3.74. The molecule has 5 nitrogen and oxygen atoms in total. The predicted octanol–water partition coefficient (Wildman–Crippen LogP) is -3.83. The van der Waals surface area contributed by atoms with E-state index in [2.05, 4.69) is 2.90 Å². The van der Waals surface area contributed by atoms with Gasteiger partial charge < -0.3 is 0 Å². The standard InChI is InChI=1S/Cu.In.H2O5Se2/c;;1-6(2)5-7(3)4/h;;(H,1,2)(H,3,4)/q+2;+3;/p-2. The minimum absolute atomic E-state index is 0. The zero-order chi connectivity index (χ0) is 5.86. The summed E-state index contributed by atoms with van der Waals surface area (Å²) in [5.41, 5.74) is 0. The van der Waals surface area contributed by atoms with Crippen LogP contribution in [0.5, 0.6) is 0 Å². The first kappa shape index (κ1) is 17.1. The average Bonchev–Trinajstić information content (AvgIpc) is 1.27. The van der Waals surface area contributed by atoms with Crippen LogP contribution in [-0.4, -0.2) is 54.8 Å². The number of hydrogen-bond acceptors (Lipinski definition) is 5. The molecule has 0 spiro atoms. The van der Waals surface area contributed by atoms with Crippen LogP contribution in [0, 0.1) is 0 Å². The molecule has 1 radical (unpaired) electrons. The smallest absolute Gasteiger partial charge is 2.00 e. The van der Waals surface area contributed by atoms with E-state index in [1.807, 2.05) is 0 Å². The summed E-state index contributed by atoms with van der Waals surface area (Å²) in [4.78, 5) is 0. The van der Waals surface area contributed by atoms with E-state index >= 15 is 0 Å². The van der Waals surface area contributed by atoms with Crippen LogP contribution in [0.2, 0.25) is 0 Å². The van der Waals surface area contributed by atoms with Gasteiger partial charge in [0.15, 0.2) is 0 Å². The van der Waals surface area contributed by atoms with Gasteiger partial charge in [0.1, 0.15) is 0 Å². The van der Waals surface area contributed by atoms with Gasteiger partial charge in [-0.2, -0.15) is 0 Å². The van der Waals surface area contributed by atoms with Crippen LogP contribution in [0.25, 0.3) is 0 Å². The van der Waals surface area contributed by atoms with Crippen molar-refractivity contribution < 1.29 is 36.0 Å². The van der Waals surface area contributed by atoms with Gasteiger partial charge in [-0.3, -0.25) is 0 Å². The Hall–Kier alpha value is 1.91. The summed E-state index contributed by atoms with van der Waals surface area (Å²) in [5, 5.41) is 0. The van der Waals surface area contributed by atoms with Crippen molar-refractivity contribution in [3.05, 3.63) is 0 Å². The van der Waals surface area contributed by atoms with Crippen LogP contribution < -0.4 is 8.38 Å². The summed E-state index contributed by atoms with van der Waals surface area (Å²) in [6.45, 7) is 0. The minimum atomic E-state index is -3.69. The molecule has 0 rings (SSSR count). The molecular formula is CuInO5Se2+3. The summed E-state index contributed by atoms with van der Waals surface area (Å²) in [6.07, 6.45) is 0. The fourth-order valence-electron chi connectivity index (χ4n) is 0.0454. The van der Waals surface area contributed by atoms with Gasteiger partial charge in [0.25, 0.3) is 0 Å². The molecule has 0 atom stereocenters. The molecule has 0 aliphatic rings. The Balaban J connectivity index is -0.000000180. The summed E-state index contributed by atoms with van der Waals surface area (Å²) < 4.78 is 40.5. The molecule has 0 bridgehead atoms. The third kappa shape index (κ3) is 17.8. The van der Waals surface area contributed by atoms with Gasteiger partial charge >= 0.3 is 90.8 Å². The summed E-state index contributed by atoms with van der Waals surface area (Å²) in [6, 6.07) is 0. The molecule has 9 heavy (non-hydrogen) atoms. The second kappa shape index (κ2) is 9.91. The average molecular weight is 416 g/mol. The fraction of sp³-hybridized carbons (Fsp3) is 0. The van der Waals surface area contributed by atoms with Gasteiger partial charge in [-0.05, 0) is 0 Å². The van der Waals surface area contributed by atoms with Crippen LogP contribution >= 0.6 is 0 Å². The Labute approximate surface area is 89.9 Å². The third-order valence-electron chi connectivity index (χ3n) is 0.111. The SMILES string of the molecule is O=[Se]([O-])O[Se](=O)[O-].[Cu+2].[In+3]. The van der Waals surface area contributed by atoms with Gasteiger partial charge in [0, 0.05) is 0 Å². The van der Waals surface area contributed by atoms with Crippen molar-refractivity contribution in [1.29, 1.82) is 0 Å². The first-order valence-electron chi connectivity index (χ1n) is 1.00. The molecule has 0 aliphatic carbocycles. The van der Waals surface area contributed by atoms with E-state index in [1.54, 1.807) is 0 Å². The summed E-state index contributed by atoms with van der Waals surface area (Å²) in [5.74, 6) is 0. The van der Waals surface area contributed by atoms with E-state index in [9.17, 15) is 16.0 Å². The van der Waals surface area contributed by atoms with E-state index in [0.29, 0.717) is 0 Å². The van der Waals surface area contributed by atoms with Gasteiger partial charge in [-0.15, -0.1) is 0 Å². The van der Waals surface area contributed by atoms with Gasteiger partial charge in [0.05, 0.1) is 0 Å². The molecule has 0 amide bonds. The number of hydrogen-bond donors (Lipinski definition) is 0. The van der Waals surface area contributed by atoms with E-state index < -0.39 is 29.0 Å². The van der Waals surface area contributed by atoms with Crippen molar-refractivity contribution in [3.8, 4) is 0 Å². The van der Waals surface area contributed by atoms with E-state index in [1.165, 1.54) is 0 Å². The van der Waals surface area contributed by atoms with E-state index in [-0.39, 0.29) is 42.9 Å². The maximum Gasteiger partial charge on any atom is 3.00 e. The Bertz CT molecular complexity index is 91.1. The van der Waals surface area contributed by atoms with Gasteiger partial charge in [-0.1, -0.05) is 0 Å². The molecular weight excluding hydrogens is 416 g/mol. The van der Waals surface area contributed by atoms with E-state index in [0.717, 1.165) is 0 Å². The van der Waals surface area contributed by atoms with Crippen molar-refractivity contribution >= 4 is 54.8 Å². The maximum absolute atomic E-state index is 9.32. The first-order chi connectivity index (χ1) is 3.13. The molecule has 0 unspecified atom stereocenters. The Morgan fingerprint density at radius 2 is 1.33 bits per heavy atom. The molecule has 0 aromatic rings. The molecule has 0 aromatic carbocycles. The van der Waals surface area contributed by atoms with Crippen LogP contribution in [0.3, 0.4) is 0 Å². The molecule has 53 valence electrons.